The summed E-state index contributed by atoms with van der Waals surface area (Å²) in [7, 11) is 0. The van der Waals surface area contributed by atoms with Crippen molar-refractivity contribution in [2.75, 3.05) is 31.9 Å². The van der Waals surface area contributed by atoms with E-state index in [1.807, 2.05) is 0 Å². The first-order valence-corrected chi connectivity index (χ1v) is 10.7. The molecule has 0 aromatic carbocycles. The van der Waals surface area contributed by atoms with Crippen LogP contribution >= 0.6 is 11.8 Å². The van der Waals surface area contributed by atoms with Gasteiger partial charge in [-0.1, -0.05) is 19.3 Å². The fraction of sp³-hybridized carbons (Fsp3) is 0.944. The van der Waals surface area contributed by atoms with Crippen LogP contribution in [0.2, 0.25) is 0 Å². The molecule has 1 saturated carbocycles. The number of nitrogens with one attached hydrogen (secondary N) is 1. The average Bonchev–Trinajstić information content (AvgIpc) is 3.03. The number of carbonyl (C=O) groups excluding carboxylic acids is 1. The molecule has 23 heavy (non-hydrogen) atoms. The summed E-state index contributed by atoms with van der Waals surface area (Å²) in [5.41, 5.74) is 0. The normalized spacial score (nSPS) is 34.3. The van der Waals surface area contributed by atoms with Crippen molar-refractivity contribution in [3.05, 3.63) is 0 Å². The van der Waals surface area contributed by atoms with E-state index in [-0.39, 0.29) is 6.03 Å². The van der Waals surface area contributed by atoms with E-state index in [9.17, 15) is 4.79 Å². The second-order valence-corrected chi connectivity index (χ2v) is 9.58. The van der Waals surface area contributed by atoms with Crippen LogP contribution in [0.25, 0.3) is 0 Å². The van der Waals surface area contributed by atoms with Gasteiger partial charge in [0.25, 0.3) is 0 Å². The summed E-state index contributed by atoms with van der Waals surface area (Å²) in [6.07, 6.45) is 11.7. The standard InChI is InChI=1S/C18H31N3OS/c22-17(19-15-6-10-20-9-4-5-16(20)13-15)21-11-12-23-18(14-21)7-2-1-3-8-18/h15-16H,1-14H2,(H,19,22)/t15-,16-/m1/s1. The summed E-state index contributed by atoms with van der Waals surface area (Å²) in [6, 6.07) is 1.35. The first kappa shape index (κ1) is 16.1. The first-order valence-electron chi connectivity index (χ1n) is 9.68. The lowest BCUT2D eigenvalue weighted by Gasteiger charge is -2.45. The summed E-state index contributed by atoms with van der Waals surface area (Å²) in [5, 5.41) is 3.37. The maximum absolute atomic E-state index is 12.8. The first-order chi connectivity index (χ1) is 11.2. The molecule has 1 spiro atoms. The van der Waals surface area contributed by atoms with E-state index in [0.717, 1.165) is 31.3 Å². The molecule has 4 fully saturated rings. The molecule has 0 radical (unpaired) electrons. The van der Waals surface area contributed by atoms with Crippen molar-refractivity contribution < 1.29 is 4.79 Å². The largest absolute Gasteiger partial charge is 0.335 e. The Hall–Kier alpha value is -0.420. The van der Waals surface area contributed by atoms with E-state index in [1.165, 1.54) is 64.5 Å². The summed E-state index contributed by atoms with van der Waals surface area (Å²) in [4.78, 5) is 17.5. The number of urea groups is 1. The highest BCUT2D eigenvalue weighted by Gasteiger charge is 2.39. The Morgan fingerprint density at radius 3 is 2.78 bits per heavy atom. The quantitative estimate of drug-likeness (QED) is 0.799. The molecule has 4 aliphatic rings. The van der Waals surface area contributed by atoms with Gasteiger partial charge in [0, 0.05) is 42.2 Å². The van der Waals surface area contributed by atoms with Crippen LogP contribution in [0.1, 0.15) is 57.8 Å². The van der Waals surface area contributed by atoms with Gasteiger partial charge < -0.3 is 15.1 Å². The average molecular weight is 338 g/mol. The van der Waals surface area contributed by atoms with Gasteiger partial charge in [0.05, 0.1) is 0 Å². The number of nitrogens with zero attached hydrogens (tertiary/aromatic N) is 2. The second kappa shape index (κ2) is 6.83. The number of amides is 2. The van der Waals surface area contributed by atoms with Gasteiger partial charge in [0.15, 0.2) is 0 Å². The van der Waals surface area contributed by atoms with Crippen molar-refractivity contribution in [2.45, 2.75) is 74.6 Å². The Labute approximate surface area is 144 Å². The van der Waals surface area contributed by atoms with E-state index in [4.69, 9.17) is 0 Å². The zero-order valence-electron chi connectivity index (χ0n) is 14.3. The number of piperidine rings is 1. The SMILES string of the molecule is O=C(N[C@@H]1CCN2CCC[C@@H]2C1)N1CCSC2(CCCCC2)C1. The number of fused-ring (bicyclic) bond motifs is 1. The molecule has 0 bridgehead atoms. The van der Waals surface area contributed by atoms with Crippen LogP contribution in [-0.4, -0.2) is 64.6 Å². The third kappa shape index (κ3) is 3.51. The van der Waals surface area contributed by atoms with E-state index in [0.29, 0.717) is 10.8 Å². The van der Waals surface area contributed by atoms with Crippen LogP contribution in [0.15, 0.2) is 0 Å². The fourth-order valence-electron chi connectivity index (χ4n) is 5.14. The number of hydrogen-bond acceptors (Lipinski definition) is 3. The molecule has 3 saturated heterocycles. The Kier molecular flexibility index (Phi) is 4.77. The van der Waals surface area contributed by atoms with Crippen LogP contribution in [-0.2, 0) is 0 Å². The van der Waals surface area contributed by atoms with Crippen LogP contribution in [0, 0.1) is 0 Å². The van der Waals surface area contributed by atoms with Crippen LogP contribution < -0.4 is 5.32 Å². The molecule has 4 nitrogen and oxygen atoms in total. The topological polar surface area (TPSA) is 35.6 Å². The molecule has 5 heteroatoms. The minimum Gasteiger partial charge on any atom is -0.335 e. The van der Waals surface area contributed by atoms with E-state index in [1.54, 1.807) is 0 Å². The minimum absolute atomic E-state index is 0.215. The lowest BCUT2D eigenvalue weighted by Crippen LogP contribution is -2.56. The number of carbonyl (C=O) groups is 1. The Balaban J connectivity index is 1.31. The number of rotatable bonds is 1. The van der Waals surface area contributed by atoms with Gasteiger partial charge in [0.2, 0.25) is 0 Å². The summed E-state index contributed by atoms with van der Waals surface area (Å²) in [5.74, 6) is 1.12. The van der Waals surface area contributed by atoms with Gasteiger partial charge in [-0.3, -0.25) is 0 Å². The van der Waals surface area contributed by atoms with Gasteiger partial charge in [-0.25, -0.2) is 4.79 Å². The van der Waals surface area contributed by atoms with E-state index >= 15 is 0 Å². The monoisotopic (exact) mass is 337 g/mol. The highest BCUT2D eigenvalue weighted by molar-refractivity contribution is 8.00. The predicted octanol–water partition coefficient (Wildman–Crippen LogP) is 3.07. The molecule has 2 amide bonds. The van der Waals surface area contributed by atoms with Crippen LogP contribution in [0.3, 0.4) is 0 Å². The van der Waals surface area contributed by atoms with Gasteiger partial charge in [-0.05, 0) is 45.1 Å². The molecule has 0 unspecified atom stereocenters. The molecule has 4 rings (SSSR count). The van der Waals surface area contributed by atoms with Gasteiger partial charge in [0.1, 0.15) is 0 Å². The molecule has 0 aromatic heterocycles. The fourth-order valence-corrected chi connectivity index (χ4v) is 6.71. The lowest BCUT2D eigenvalue weighted by atomic mass is 9.87. The van der Waals surface area contributed by atoms with Crippen molar-refractivity contribution in [3.8, 4) is 0 Å². The highest BCUT2D eigenvalue weighted by Crippen LogP contribution is 2.42. The third-order valence-corrected chi connectivity index (χ3v) is 7.98. The van der Waals surface area contributed by atoms with Crippen molar-refractivity contribution in [1.29, 1.82) is 0 Å². The van der Waals surface area contributed by atoms with Gasteiger partial charge in [-0.15, -0.1) is 0 Å². The van der Waals surface area contributed by atoms with E-state index < -0.39 is 0 Å². The molecule has 1 aliphatic carbocycles. The molecule has 2 atom stereocenters. The summed E-state index contributed by atoms with van der Waals surface area (Å²) < 4.78 is 0.378. The molecule has 3 heterocycles. The molecule has 130 valence electrons. The molecule has 0 aromatic rings. The second-order valence-electron chi connectivity index (χ2n) is 8.02. The zero-order valence-corrected chi connectivity index (χ0v) is 15.1. The molecular weight excluding hydrogens is 306 g/mol. The van der Waals surface area contributed by atoms with Gasteiger partial charge in [-0.2, -0.15) is 11.8 Å². The predicted molar refractivity (Wildman–Crippen MR) is 96.0 cm³/mol. The smallest absolute Gasteiger partial charge is 0.317 e. The van der Waals surface area contributed by atoms with Gasteiger partial charge >= 0.3 is 6.03 Å². The molecule has 1 N–H and O–H groups in total. The number of thioether (sulfide) groups is 1. The number of hydrogen-bond donors (Lipinski definition) is 1. The van der Waals surface area contributed by atoms with Crippen molar-refractivity contribution in [2.24, 2.45) is 0 Å². The zero-order chi connectivity index (χ0) is 15.7. The lowest BCUT2D eigenvalue weighted by molar-refractivity contribution is 0.150. The Bertz CT molecular complexity index is 432. The maximum atomic E-state index is 12.8. The summed E-state index contributed by atoms with van der Waals surface area (Å²) >= 11 is 2.14. The molecular formula is C18H31N3OS. The van der Waals surface area contributed by atoms with Crippen molar-refractivity contribution >= 4 is 17.8 Å². The molecule has 3 aliphatic heterocycles. The van der Waals surface area contributed by atoms with Crippen molar-refractivity contribution in [3.63, 3.8) is 0 Å². The third-order valence-electron chi connectivity index (χ3n) is 6.45. The van der Waals surface area contributed by atoms with Crippen LogP contribution in [0.4, 0.5) is 4.79 Å². The van der Waals surface area contributed by atoms with Crippen molar-refractivity contribution in [1.82, 2.24) is 15.1 Å². The summed E-state index contributed by atoms with van der Waals surface area (Å²) in [6.45, 7) is 4.36. The highest BCUT2D eigenvalue weighted by atomic mass is 32.2. The van der Waals surface area contributed by atoms with Crippen LogP contribution in [0.5, 0.6) is 0 Å². The maximum Gasteiger partial charge on any atom is 0.317 e. The Morgan fingerprint density at radius 2 is 1.91 bits per heavy atom. The Morgan fingerprint density at radius 1 is 1.04 bits per heavy atom. The minimum atomic E-state index is 0.215. The van der Waals surface area contributed by atoms with E-state index in [2.05, 4.69) is 26.9 Å².